The Hall–Kier alpha value is -4.21. The van der Waals surface area contributed by atoms with Gasteiger partial charge in [-0.25, -0.2) is 4.79 Å². The SMILES string of the molecule is COc1ccc([N+](=O)[O-])cc1NC(=O)Cn1c(=O)ccn(Cc2ccccc2)c1=O. The molecule has 3 aromatic rings. The molecule has 0 atom stereocenters. The zero-order chi connectivity index (χ0) is 21.7. The number of carbonyl (C=O) groups excluding carboxylic acids is 1. The lowest BCUT2D eigenvalue weighted by Crippen LogP contribution is -2.41. The number of aromatic nitrogens is 2. The van der Waals surface area contributed by atoms with E-state index < -0.39 is 28.6 Å². The van der Waals surface area contributed by atoms with E-state index in [1.54, 1.807) is 0 Å². The molecule has 0 radical (unpaired) electrons. The molecule has 0 aliphatic heterocycles. The molecule has 3 rings (SSSR count). The number of amides is 1. The van der Waals surface area contributed by atoms with Crippen LogP contribution in [0.15, 0.2) is 70.4 Å². The van der Waals surface area contributed by atoms with Crippen LogP contribution in [0.25, 0.3) is 0 Å². The van der Waals surface area contributed by atoms with E-state index in [1.807, 2.05) is 30.3 Å². The summed E-state index contributed by atoms with van der Waals surface area (Å²) >= 11 is 0. The minimum absolute atomic E-state index is 0.0605. The van der Waals surface area contributed by atoms with Crippen molar-refractivity contribution in [1.82, 2.24) is 9.13 Å². The average molecular weight is 410 g/mol. The monoisotopic (exact) mass is 410 g/mol. The summed E-state index contributed by atoms with van der Waals surface area (Å²) in [6, 6.07) is 14.1. The number of hydrogen-bond donors (Lipinski definition) is 1. The fourth-order valence-electron chi connectivity index (χ4n) is 2.84. The van der Waals surface area contributed by atoms with Crippen LogP contribution in [0.3, 0.4) is 0 Å². The molecule has 154 valence electrons. The highest BCUT2D eigenvalue weighted by Gasteiger charge is 2.16. The van der Waals surface area contributed by atoms with Crippen LogP contribution in [0.4, 0.5) is 11.4 Å². The first-order valence-electron chi connectivity index (χ1n) is 8.85. The number of methoxy groups -OCH3 is 1. The lowest BCUT2D eigenvalue weighted by Gasteiger charge is -2.12. The van der Waals surface area contributed by atoms with Gasteiger partial charge in [-0.1, -0.05) is 30.3 Å². The van der Waals surface area contributed by atoms with Gasteiger partial charge in [-0.05, 0) is 11.6 Å². The number of nitrogens with zero attached hydrogens (tertiary/aromatic N) is 3. The zero-order valence-electron chi connectivity index (χ0n) is 16.0. The van der Waals surface area contributed by atoms with Crippen molar-refractivity contribution < 1.29 is 14.5 Å². The fourth-order valence-corrected chi connectivity index (χ4v) is 2.84. The smallest absolute Gasteiger partial charge is 0.331 e. The molecule has 1 aromatic heterocycles. The Kier molecular flexibility index (Phi) is 6.06. The van der Waals surface area contributed by atoms with Crippen molar-refractivity contribution in [2.24, 2.45) is 0 Å². The van der Waals surface area contributed by atoms with E-state index >= 15 is 0 Å². The molecule has 0 bridgehead atoms. The van der Waals surface area contributed by atoms with Gasteiger partial charge in [0, 0.05) is 24.4 Å². The molecule has 0 aliphatic rings. The molecular weight excluding hydrogens is 392 g/mol. The Labute approximate surface area is 170 Å². The van der Waals surface area contributed by atoms with Crippen molar-refractivity contribution in [3.63, 3.8) is 0 Å². The largest absolute Gasteiger partial charge is 0.495 e. The van der Waals surface area contributed by atoms with Crippen molar-refractivity contribution in [1.29, 1.82) is 0 Å². The third-order valence-electron chi connectivity index (χ3n) is 4.31. The molecular formula is C20H18N4O6. The first kappa shape index (κ1) is 20.5. The lowest BCUT2D eigenvalue weighted by atomic mass is 10.2. The molecule has 0 aliphatic carbocycles. The van der Waals surface area contributed by atoms with E-state index in [9.17, 15) is 24.5 Å². The van der Waals surface area contributed by atoms with E-state index in [0.717, 1.165) is 16.2 Å². The second-order valence-corrected chi connectivity index (χ2v) is 6.33. The molecule has 10 nitrogen and oxygen atoms in total. The number of carbonyl (C=O) groups is 1. The van der Waals surface area contributed by atoms with Gasteiger partial charge in [0.15, 0.2) is 0 Å². The normalized spacial score (nSPS) is 10.4. The third-order valence-corrected chi connectivity index (χ3v) is 4.31. The highest BCUT2D eigenvalue weighted by Crippen LogP contribution is 2.28. The van der Waals surface area contributed by atoms with Gasteiger partial charge in [-0.15, -0.1) is 0 Å². The summed E-state index contributed by atoms with van der Waals surface area (Å²) in [5, 5.41) is 13.4. The standard InChI is InChI=1S/C20H18N4O6/c1-30-17-8-7-15(24(28)29)11-16(17)21-18(25)13-23-19(26)9-10-22(20(23)27)12-14-5-3-2-4-6-14/h2-11H,12-13H2,1H3,(H,21,25). The number of non-ortho nitro benzene ring substituents is 1. The number of ether oxygens (including phenoxy) is 1. The summed E-state index contributed by atoms with van der Waals surface area (Å²) in [5.74, 6) is -0.499. The van der Waals surface area contributed by atoms with E-state index in [-0.39, 0.29) is 23.7 Å². The first-order chi connectivity index (χ1) is 14.4. The molecule has 1 amide bonds. The van der Waals surface area contributed by atoms with Crippen molar-refractivity contribution in [2.45, 2.75) is 13.1 Å². The highest BCUT2D eigenvalue weighted by molar-refractivity contribution is 5.92. The number of hydrogen-bond acceptors (Lipinski definition) is 6. The molecule has 1 N–H and O–H groups in total. The van der Waals surface area contributed by atoms with Crippen LogP contribution in [0.1, 0.15) is 5.56 Å². The second-order valence-electron chi connectivity index (χ2n) is 6.33. The second kappa shape index (κ2) is 8.86. The molecule has 10 heteroatoms. The van der Waals surface area contributed by atoms with Gasteiger partial charge in [-0.2, -0.15) is 0 Å². The molecule has 30 heavy (non-hydrogen) atoms. The van der Waals surface area contributed by atoms with E-state index in [1.165, 1.54) is 36.1 Å². The van der Waals surface area contributed by atoms with E-state index in [0.29, 0.717) is 0 Å². The number of anilines is 1. The Balaban J connectivity index is 1.84. The zero-order valence-corrected chi connectivity index (χ0v) is 16.0. The van der Waals surface area contributed by atoms with Crippen LogP contribution >= 0.6 is 0 Å². The maximum atomic E-state index is 12.7. The van der Waals surface area contributed by atoms with Crippen LogP contribution in [0, 0.1) is 10.1 Å². The Bertz CT molecular complexity index is 1200. The summed E-state index contributed by atoms with van der Waals surface area (Å²) in [6.07, 6.45) is 1.37. The van der Waals surface area contributed by atoms with Crippen molar-refractivity contribution in [3.05, 3.63) is 97.3 Å². The van der Waals surface area contributed by atoms with Crippen LogP contribution in [-0.4, -0.2) is 27.1 Å². The number of benzene rings is 2. The summed E-state index contributed by atoms with van der Waals surface area (Å²) in [5.41, 5.74) is -0.605. The quantitative estimate of drug-likeness (QED) is 0.466. The van der Waals surface area contributed by atoms with Gasteiger partial charge < -0.3 is 10.1 Å². The van der Waals surface area contributed by atoms with Gasteiger partial charge in [0.25, 0.3) is 11.2 Å². The van der Waals surface area contributed by atoms with Gasteiger partial charge in [0.1, 0.15) is 12.3 Å². The van der Waals surface area contributed by atoms with Crippen LogP contribution in [0.2, 0.25) is 0 Å². The number of nitro groups is 1. The number of nitrogens with one attached hydrogen (secondary N) is 1. The van der Waals surface area contributed by atoms with Crippen molar-refractivity contribution >= 4 is 17.3 Å². The summed E-state index contributed by atoms with van der Waals surface area (Å²) in [6.45, 7) is -0.320. The minimum Gasteiger partial charge on any atom is -0.495 e. The van der Waals surface area contributed by atoms with Crippen LogP contribution < -0.4 is 21.3 Å². The summed E-state index contributed by atoms with van der Waals surface area (Å²) < 4.78 is 7.20. The average Bonchev–Trinajstić information content (AvgIpc) is 2.74. The van der Waals surface area contributed by atoms with Crippen molar-refractivity contribution in [2.75, 3.05) is 12.4 Å². The molecule has 0 saturated carbocycles. The predicted octanol–water partition coefficient (Wildman–Crippen LogP) is 1.61. The Morgan fingerprint density at radius 2 is 1.87 bits per heavy atom. The molecule has 0 spiro atoms. The highest BCUT2D eigenvalue weighted by atomic mass is 16.6. The summed E-state index contributed by atoms with van der Waals surface area (Å²) in [4.78, 5) is 47.7. The minimum atomic E-state index is -0.703. The van der Waals surface area contributed by atoms with Gasteiger partial charge in [0.2, 0.25) is 5.91 Å². The lowest BCUT2D eigenvalue weighted by molar-refractivity contribution is -0.384. The van der Waals surface area contributed by atoms with Crippen LogP contribution in [-0.2, 0) is 17.9 Å². The van der Waals surface area contributed by atoms with Gasteiger partial charge in [0.05, 0.1) is 24.3 Å². The molecule has 0 unspecified atom stereocenters. The molecule has 2 aromatic carbocycles. The predicted molar refractivity (Wildman–Crippen MR) is 109 cm³/mol. The molecule has 1 heterocycles. The first-order valence-corrected chi connectivity index (χ1v) is 8.85. The van der Waals surface area contributed by atoms with E-state index in [2.05, 4.69) is 5.32 Å². The maximum Gasteiger partial charge on any atom is 0.331 e. The van der Waals surface area contributed by atoms with Gasteiger partial charge in [-0.3, -0.25) is 28.8 Å². The number of nitro benzene ring substituents is 1. The Morgan fingerprint density at radius 3 is 2.53 bits per heavy atom. The fraction of sp³-hybridized carbons (Fsp3) is 0.150. The number of rotatable bonds is 7. The maximum absolute atomic E-state index is 12.7. The van der Waals surface area contributed by atoms with Gasteiger partial charge >= 0.3 is 5.69 Å². The third kappa shape index (κ3) is 4.61. The summed E-state index contributed by atoms with van der Waals surface area (Å²) in [7, 11) is 1.35. The van der Waals surface area contributed by atoms with Crippen molar-refractivity contribution in [3.8, 4) is 5.75 Å². The molecule has 0 saturated heterocycles. The Morgan fingerprint density at radius 1 is 1.13 bits per heavy atom. The topological polar surface area (TPSA) is 125 Å². The molecule has 0 fully saturated rings. The van der Waals surface area contributed by atoms with E-state index in [4.69, 9.17) is 4.74 Å². The van der Waals surface area contributed by atoms with Crippen LogP contribution in [0.5, 0.6) is 5.75 Å².